The van der Waals surface area contributed by atoms with Gasteiger partial charge in [-0.25, -0.2) is 0 Å². The summed E-state index contributed by atoms with van der Waals surface area (Å²) in [6.07, 6.45) is 1.80. The molecule has 7 heteroatoms. The molecule has 1 aliphatic heterocycles. The fourth-order valence-corrected chi connectivity index (χ4v) is 4.96. The summed E-state index contributed by atoms with van der Waals surface area (Å²) in [7, 11) is 0. The average Bonchev–Trinajstić information content (AvgIpc) is 2.82. The van der Waals surface area contributed by atoms with Gasteiger partial charge in [-0.2, -0.15) is 5.26 Å². The Morgan fingerprint density at radius 3 is 2.62 bits per heavy atom. The van der Waals surface area contributed by atoms with E-state index in [-0.39, 0.29) is 5.78 Å². The zero-order valence-electron chi connectivity index (χ0n) is 19.7. The van der Waals surface area contributed by atoms with Crippen LogP contribution in [0.5, 0.6) is 11.5 Å². The maximum absolute atomic E-state index is 13.4. The van der Waals surface area contributed by atoms with Crippen LogP contribution in [-0.2, 0) is 4.79 Å². The molecule has 0 aromatic heterocycles. The van der Waals surface area contributed by atoms with Gasteiger partial charge in [0.15, 0.2) is 5.78 Å². The number of rotatable bonds is 6. The molecule has 2 N–H and O–H groups in total. The van der Waals surface area contributed by atoms with Crippen LogP contribution in [0.25, 0.3) is 0 Å². The number of Topliss-reactive ketones (excluding diaryl/α,β-unsaturated/α-hetero) is 1. The maximum atomic E-state index is 13.4. The van der Waals surface area contributed by atoms with E-state index >= 15 is 0 Å². The summed E-state index contributed by atoms with van der Waals surface area (Å²) in [6, 6.07) is 13.4. The largest absolute Gasteiger partial charge is 0.494 e. The summed E-state index contributed by atoms with van der Waals surface area (Å²) in [5, 5.41) is 10.9. The third-order valence-electron chi connectivity index (χ3n) is 6.23. The van der Waals surface area contributed by atoms with E-state index in [4.69, 9.17) is 26.8 Å². The highest BCUT2D eigenvalue weighted by Gasteiger charge is 2.41. The molecule has 2 aliphatic rings. The molecule has 1 aliphatic carbocycles. The molecule has 6 nitrogen and oxygen atoms in total. The second-order valence-electron chi connectivity index (χ2n) is 8.31. The number of ketones is 1. The summed E-state index contributed by atoms with van der Waals surface area (Å²) in [5.74, 6) is 0.936. The standard InChI is InChI=1S/C27H28ClN3O3/c1-4-33-18-11-12-24(34-5-2)19(14-18)25-20(15-29)27(30)31(21-7-6-8-23(32)26(21)25)22-13-17(28)10-9-16(22)3/h9-14,25H,4-8,30H2,1-3H3. The Kier molecular flexibility index (Phi) is 6.85. The van der Waals surface area contributed by atoms with E-state index in [1.807, 2.05) is 62.1 Å². The number of nitrogens with two attached hydrogens (primary N) is 1. The second kappa shape index (κ2) is 9.82. The number of halogens is 1. The predicted octanol–water partition coefficient (Wildman–Crippen LogP) is 5.75. The Morgan fingerprint density at radius 2 is 1.91 bits per heavy atom. The Morgan fingerprint density at radius 1 is 1.15 bits per heavy atom. The highest BCUT2D eigenvalue weighted by molar-refractivity contribution is 6.30. The van der Waals surface area contributed by atoms with Crippen LogP contribution in [0.2, 0.25) is 5.02 Å². The van der Waals surface area contributed by atoms with Crippen LogP contribution < -0.4 is 20.1 Å². The molecule has 0 bridgehead atoms. The number of aryl methyl sites for hydroxylation is 1. The first-order valence-electron chi connectivity index (χ1n) is 11.5. The molecular weight excluding hydrogens is 450 g/mol. The first-order chi connectivity index (χ1) is 16.4. The van der Waals surface area contributed by atoms with Crippen LogP contribution in [0.4, 0.5) is 5.69 Å². The third kappa shape index (κ3) is 4.12. The number of benzene rings is 2. The van der Waals surface area contributed by atoms with Gasteiger partial charge in [0.2, 0.25) is 0 Å². The number of hydrogen-bond donors (Lipinski definition) is 1. The van der Waals surface area contributed by atoms with Gasteiger partial charge in [0.1, 0.15) is 17.3 Å². The van der Waals surface area contributed by atoms with Crippen molar-refractivity contribution in [3.8, 4) is 17.6 Å². The van der Waals surface area contributed by atoms with E-state index < -0.39 is 5.92 Å². The minimum absolute atomic E-state index is 0.0143. The lowest BCUT2D eigenvalue weighted by Gasteiger charge is -2.40. The van der Waals surface area contributed by atoms with E-state index in [1.165, 1.54) is 0 Å². The van der Waals surface area contributed by atoms with Gasteiger partial charge >= 0.3 is 0 Å². The van der Waals surface area contributed by atoms with Gasteiger partial charge in [-0.1, -0.05) is 17.7 Å². The van der Waals surface area contributed by atoms with Gasteiger partial charge in [0.05, 0.1) is 36.5 Å². The summed E-state index contributed by atoms with van der Waals surface area (Å²) in [6.45, 7) is 6.71. The first kappa shape index (κ1) is 23.7. The van der Waals surface area contributed by atoms with E-state index in [2.05, 4.69) is 6.07 Å². The molecule has 176 valence electrons. The number of carbonyl (C=O) groups is 1. The van der Waals surface area contributed by atoms with Crippen molar-refractivity contribution in [1.29, 1.82) is 5.26 Å². The van der Waals surface area contributed by atoms with E-state index in [0.29, 0.717) is 71.5 Å². The Bertz CT molecular complexity index is 1240. The van der Waals surface area contributed by atoms with E-state index in [0.717, 1.165) is 16.9 Å². The van der Waals surface area contributed by atoms with Gasteiger partial charge in [0, 0.05) is 28.3 Å². The van der Waals surface area contributed by atoms with E-state index in [9.17, 15) is 10.1 Å². The number of allylic oxidation sites excluding steroid dienone is 3. The fraction of sp³-hybridized carbons (Fsp3) is 0.333. The van der Waals surface area contributed by atoms with Crippen molar-refractivity contribution >= 4 is 23.1 Å². The SMILES string of the molecule is CCOc1ccc(OCC)c(C2C(C#N)=C(N)N(c3cc(Cl)ccc3C)C3=C2C(=O)CCC3)c1. The van der Waals surface area contributed by atoms with Crippen molar-refractivity contribution < 1.29 is 14.3 Å². The zero-order chi connectivity index (χ0) is 24.4. The molecule has 0 fully saturated rings. The molecule has 1 atom stereocenters. The summed E-state index contributed by atoms with van der Waals surface area (Å²) >= 11 is 6.32. The van der Waals surface area contributed by atoms with E-state index in [1.54, 1.807) is 0 Å². The number of carbonyl (C=O) groups excluding carboxylic acids is 1. The molecule has 0 amide bonds. The van der Waals surface area contributed by atoms with Gasteiger partial charge in [-0.15, -0.1) is 0 Å². The van der Waals surface area contributed by atoms with Crippen molar-refractivity contribution in [1.82, 2.24) is 0 Å². The average molecular weight is 478 g/mol. The minimum atomic E-state index is -0.634. The molecular formula is C27H28ClN3O3. The van der Waals surface area contributed by atoms with Crippen molar-refractivity contribution in [3.05, 3.63) is 75.2 Å². The van der Waals surface area contributed by atoms with Crippen LogP contribution in [0.3, 0.4) is 0 Å². The van der Waals surface area contributed by atoms with Crippen molar-refractivity contribution in [2.75, 3.05) is 18.1 Å². The molecule has 4 rings (SSSR count). The van der Waals surface area contributed by atoms with Crippen LogP contribution in [0, 0.1) is 18.3 Å². The summed E-state index contributed by atoms with van der Waals surface area (Å²) in [5.41, 5.74) is 10.8. The first-order valence-corrected chi connectivity index (χ1v) is 11.9. The van der Waals surface area contributed by atoms with Crippen LogP contribution in [0.1, 0.15) is 50.2 Å². The normalized spacial score (nSPS) is 18.0. The third-order valence-corrected chi connectivity index (χ3v) is 6.46. The van der Waals surface area contributed by atoms with Crippen molar-refractivity contribution in [2.24, 2.45) is 5.73 Å². The Hall–Kier alpha value is -3.43. The molecule has 2 aromatic carbocycles. The lowest BCUT2D eigenvalue weighted by Crippen LogP contribution is -2.39. The predicted molar refractivity (Wildman–Crippen MR) is 133 cm³/mol. The highest BCUT2D eigenvalue weighted by atomic mass is 35.5. The Balaban J connectivity index is 2.01. The number of nitriles is 1. The second-order valence-corrected chi connectivity index (χ2v) is 8.75. The van der Waals surface area contributed by atoms with Crippen LogP contribution in [0.15, 0.2) is 59.1 Å². The molecule has 0 radical (unpaired) electrons. The molecule has 1 unspecified atom stereocenters. The van der Waals surface area contributed by atoms with Crippen molar-refractivity contribution in [3.63, 3.8) is 0 Å². The van der Waals surface area contributed by atoms with Crippen molar-refractivity contribution in [2.45, 2.75) is 46.0 Å². The lowest BCUT2D eigenvalue weighted by molar-refractivity contribution is -0.116. The molecule has 0 saturated carbocycles. The molecule has 0 spiro atoms. The Labute approximate surface area is 205 Å². The van der Waals surface area contributed by atoms with Crippen LogP contribution in [-0.4, -0.2) is 19.0 Å². The summed E-state index contributed by atoms with van der Waals surface area (Å²) in [4.78, 5) is 15.3. The summed E-state index contributed by atoms with van der Waals surface area (Å²) < 4.78 is 11.7. The monoisotopic (exact) mass is 477 g/mol. The lowest BCUT2D eigenvalue weighted by atomic mass is 9.75. The maximum Gasteiger partial charge on any atom is 0.161 e. The number of nitrogens with zero attached hydrogens (tertiary/aromatic N) is 2. The van der Waals surface area contributed by atoms with Crippen LogP contribution >= 0.6 is 11.6 Å². The minimum Gasteiger partial charge on any atom is -0.494 e. The highest BCUT2D eigenvalue weighted by Crippen LogP contribution is 2.49. The quantitative estimate of drug-likeness (QED) is 0.569. The van der Waals surface area contributed by atoms with Gasteiger partial charge in [0.25, 0.3) is 0 Å². The van der Waals surface area contributed by atoms with Gasteiger partial charge in [-0.05, 0) is 69.5 Å². The fourth-order valence-electron chi connectivity index (χ4n) is 4.79. The molecule has 34 heavy (non-hydrogen) atoms. The molecule has 0 saturated heterocycles. The number of anilines is 1. The topological polar surface area (TPSA) is 88.6 Å². The molecule has 2 aromatic rings. The molecule has 1 heterocycles. The smallest absolute Gasteiger partial charge is 0.161 e. The number of ether oxygens (including phenoxy) is 2. The number of hydrogen-bond acceptors (Lipinski definition) is 6. The van der Waals surface area contributed by atoms with Gasteiger partial charge in [-0.3, -0.25) is 9.69 Å². The van der Waals surface area contributed by atoms with Gasteiger partial charge < -0.3 is 15.2 Å². The zero-order valence-corrected chi connectivity index (χ0v) is 20.4.